The van der Waals surface area contributed by atoms with Gasteiger partial charge in [0, 0.05) is 28.6 Å². The number of imide groups is 1. The van der Waals surface area contributed by atoms with Crippen molar-refractivity contribution in [2.24, 2.45) is 17.6 Å². The van der Waals surface area contributed by atoms with Gasteiger partial charge in [-0.05, 0) is 24.6 Å². The number of benzene rings is 2. The van der Waals surface area contributed by atoms with E-state index < -0.39 is 47.0 Å². The van der Waals surface area contributed by atoms with Gasteiger partial charge in [-0.25, -0.2) is 0 Å². The first-order chi connectivity index (χ1) is 16.2. The molecule has 0 radical (unpaired) electrons. The zero-order valence-electron chi connectivity index (χ0n) is 18.6. The Kier molecular flexibility index (Phi) is 5.14. The second-order valence-corrected chi connectivity index (χ2v) is 9.26. The van der Waals surface area contributed by atoms with Gasteiger partial charge in [0.15, 0.2) is 0 Å². The van der Waals surface area contributed by atoms with Crippen LogP contribution >= 0.6 is 11.6 Å². The molecule has 0 saturated carbocycles. The molecule has 3 heterocycles. The summed E-state index contributed by atoms with van der Waals surface area (Å²) in [4.78, 5) is 53.9. The summed E-state index contributed by atoms with van der Waals surface area (Å²) in [6.07, 6.45) is -0.195. The Labute approximate surface area is 200 Å². The van der Waals surface area contributed by atoms with Crippen molar-refractivity contribution >= 4 is 40.9 Å². The number of amides is 4. The maximum atomic E-state index is 13.8. The standard InChI is InChI=1S/C24H23ClN4O5/c1-11-14(25)8-7-13-20(11)27-23(33)24(13)19-18(15(28-24)9-17(26)30)21(31)29(22(19)32)10-12-5-3-4-6-16(12)34-2/h3-8,15,18-19,28H,9-10H2,1-2H3,(H2,26,30)(H,27,33)/t15-,18+,19-,24+/m0/s1. The summed E-state index contributed by atoms with van der Waals surface area (Å²) in [6.45, 7) is 1.76. The van der Waals surface area contributed by atoms with Crippen LogP contribution in [0.25, 0.3) is 0 Å². The molecule has 0 aromatic heterocycles. The lowest BCUT2D eigenvalue weighted by atomic mass is 9.76. The Morgan fingerprint density at radius 3 is 2.62 bits per heavy atom. The second-order valence-electron chi connectivity index (χ2n) is 8.86. The number of methoxy groups -OCH3 is 1. The van der Waals surface area contributed by atoms with Gasteiger partial charge in [-0.1, -0.05) is 35.9 Å². The van der Waals surface area contributed by atoms with Crippen LogP contribution in [0, 0.1) is 18.8 Å². The highest BCUT2D eigenvalue weighted by Gasteiger charge is 2.70. The molecule has 1 spiro atoms. The van der Waals surface area contributed by atoms with Crippen molar-refractivity contribution in [2.45, 2.75) is 31.5 Å². The summed E-state index contributed by atoms with van der Waals surface area (Å²) in [5.74, 6) is -3.48. The number of fused-ring (bicyclic) bond motifs is 4. The van der Waals surface area contributed by atoms with E-state index in [1.165, 1.54) is 7.11 Å². The summed E-state index contributed by atoms with van der Waals surface area (Å²) in [5.41, 5.74) is 6.30. The van der Waals surface area contributed by atoms with Gasteiger partial charge >= 0.3 is 0 Å². The van der Waals surface area contributed by atoms with Crippen LogP contribution in [0.4, 0.5) is 5.69 Å². The summed E-state index contributed by atoms with van der Waals surface area (Å²) < 4.78 is 5.38. The maximum absolute atomic E-state index is 13.8. The highest BCUT2D eigenvalue weighted by atomic mass is 35.5. The third kappa shape index (κ3) is 2.97. The molecule has 0 unspecified atom stereocenters. The van der Waals surface area contributed by atoms with Crippen molar-refractivity contribution in [3.05, 3.63) is 58.1 Å². The molecular formula is C24H23ClN4O5. The predicted molar refractivity (Wildman–Crippen MR) is 123 cm³/mol. The molecule has 176 valence electrons. The van der Waals surface area contributed by atoms with Crippen molar-refractivity contribution in [3.63, 3.8) is 0 Å². The van der Waals surface area contributed by atoms with E-state index in [9.17, 15) is 19.2 Å². The lowest BCUT2D eigenvalue weighted by Crippen LogP contribution is -2.53. The summed E-state index contributed by atoms with van der Waals surface area (Å²) >= 11 is 6.26. The number of likely N-dealkylation sites (tertiary alicyclic amines) is 1. The van der Waals surface area contributed by atoms with E-state index in [4.69, 9.17) is 22.1 Å². The molecule has 4 atom stereocenters. The van der Waals surface area contributed by atoms with Crippen LogP contribution < -0.4 is 21.1 Å². The zero-order chi connectivity index (χ0) is 24.4. The fourth-order valence-corrected chi connectivity index (χ4v) is 5.76. The highest BCUT2D eigenvalue weighted by molar-refractivity contribution is 6.32. The van der Waals surface area contributed by atoms with Gasteiger partial charge in [-0.2, -0.15) is 0 Å². The molecule has 2 fully saturated rings. The van der Waals surface area contributed by atoms with Crippen LogP contribution in [-0.4, -0.2) is 41.7 Å². The minimum Gasteiger partial charge on any atom is -0.496 e. The lowest BCUT2D eigenvalue weighted by Gasteiger charge is -2.29. The van der Waals surface area contributed by atoms with Crippen LogP contribution in [0.2, 0.25) is 5.02 Å². The fraction of sp³-hybridized carbons (Fsp3) is 0.333. The van der Waals surface area contributed by atoms with Crippen molar-refractivity contribution in [2.75, 3.05) is 12.4 Å². The van der Waals surface area contributed by atoms with Crippen molar-refractivity contribution in [1.82, 2.24) is 10.2 Å². The number of rotatable bonds is 5. The van der Waals surface area contributed by atoms with Crippen molar-refractivity contribution in [1.29, 1.82) is 0 Å². The molecule has 0 aliphatic carbocycles. The number of para-hydroxylation sites is 1. The van der Waals surface area contributed by atoms with Gasteiger partial charge < -0.3 is 15.8 Å². The van der Waals surface area contributed by atoms with Crippen LogP contribution in [-0.2, 0) is 31.3 Å². The van der Waals surface area contributed by atoms with E-state index in [0.717, 1.165) is 4.90 Å². The molecular weight excluding hydrogens is 460 g/mol. The Balaban J connectivity index is 1.62. The number of hydrogen-bond acceptors (Lipinski definition) is 6. The minimum atomic E-state index is -1.52. The molecule has 3 aliphatic heterocycles. The fourth-order valence-electron chi connectivity index (χ4n) is 5.60. The van der Waals surface area contributed by atoms with Crippen LogP contribution in [0.1, 0.15) is 23.1 Å². The number of carbonyl (C=O) groups excluding carboxylic acids is 4. The topological polar surface area (TPSA) is 131 Å². The van der Waals surface area contributed by atoms with Gasteiger partial charge in [-0.3, -0.25) is 29.4 Å². The monoisotopic (exact) mass is 482 g/mol. The molecule has 10 heteroatoms. The molecule has 2 aromatic rings. The first kappa shape index (κ1) is 22.4. The number of anilines is 1. The predicted octanol–water partition coefficient (Wildman–Crippen LogP) is 1.45. The molecule has 4 N–H and O–H groups in total. The van der Waals surface area contributed by atoms with Gasteiger partial charge in [0.2, 0.25) is 23.6 Å². The number of nitrogens with two attached hydrogens (primary N) is 1. The summed E-state index contributed by atoms with van der Waals surface area (Å²) in [5, 5.41) is 6.47. The van der Waals surface area contributed by atoms with Crippen molar-refractivity contribution < 1.29 is 23.9 Å². The number of carbonyl (C=O) groups is 4. The number of primary amides is 1. The second kappa shape index (κ2) is 7.82. The summed E-state index contributed by atoms with van der Waals surface area (Å²) in [7, 11) is 1.51. The average molecular weight is 483 g/mol. The SMILES string of the molecule is COc1ccccc1CN1C(=O)[C@@H]2[C@H](CC(N)=O)N[C@@]3(C(=O)Nc4c3ccc(Cl)c4C)[C@@H]2C1=O. The largest absolute Gasteiger partial charge is 0.496 e. The smallest absolute Gasteiger partial charge is 0.250 e. The molecule has 5 rings (SSSR count). The third-order valence-corrected chi connectivity index (χ3v) is 7.53. The average Bonchev–Trinajstić information content (AvgIpc) is 3.37. The Morgan fingerprint density at radius 1 is 1.18 bits per heavy atom. The van der Waals surface area contributed by atoms with Gasteiger partial charge in [0.1, 0.15) is 11.3 Å². The minimum absolute atomic E-state index is 0.0117. The first-order valence-electron chi connectivity index (χ1n) is 10.8. The van der Waals surface area contributed by atoms with E-state index >= 15 is 0 Å². The zero-order valence-corrected chi connectivity index (χ0v) is 19.3. The molecule has 34 heavy (non-hydrogen) atoms. The first-order valence-corrected chi connectivity index (χ1v) is 11.2. The van der Waals surface area contributed by atoms with Crippen LogP contribution in [0.3, 0.4) is 0 Å². The van der Waals surface area contributed by atoms with E-state index in [-0.39, 0.29) is 13.0 Å². The van der Waals surface area contributed by atoms with Crippen LogP contribution in [0.15, 0.2) is 36.4 Å². The van der Waals surface area contributed by atoms with Crippen LogP contribution in [0.5, 0.6) is 5.75 Å². The Morgan fingerprint density at radius 2 is 1.91 bits per heavy atom. The Hall–Kier alpha value is -3.43. The quantitative estimate of drug-likeness (QED) is 0.553. The third-order valence-electron chi connectivity index (χ3n) is 7.12. The van der Waals surface area contributed by atoms with Gasteiger partial charge in [-0.15, -0.1) is 0 Å². The highest BCUT2D eigenvalue weighted by Crippen LogP contribution is 2.54. The lowest BCUT2D eigenvalue weighted by molar-refractivity contribution is -0.143. The summed E-state index contributed by atoms with van der Waals surface area (Å²) in [6, 6.07) is 9.65. The van der Waals surface area contributed by atoms with E-state index in [0.29, 0.717) is 33.1 Å². The number of nitrogens with one attached hydrogen (secondary N) is 2. The van der Waals surface area contributed by atoms with Gasteiger partial charge in [0.25, 0.3) is 0 Å². The molecule has 0 bridgehead atoms. The van der Waals surface area contributed by atoms with E-state index in [1.807, 2.05) is 0 Å². The molecule has 4 amide bonds. The molecule has 2 saturated heterocycles. The number of ether oxygens (including phenoxy) is 1. The number of halogens is 1. The molecule has 3 aliphatic rings. The molecule has 2 aromatic carbocycles. The Bertz CT molecular complexity index is 1260. The number of nitrogens with zero attached hydrogens (tertiary/aromatic N) is 1. The van der Waals surface area contributed by atoms with E-state index in [1.54, 1.807) is 43.3 Å². The maximum Gasteiger partial charge on any atom is 0.250 e. The number of hydrogen-bond donors (Lipinski definition) is 3. The van der Waals surface area contributed by atoms with Crippen molar-refractivity contribution in [3.8, 4) is 5.75 Å². The van der Waals surface area contributed by atoms with Gasteiger partial charge in [0.05, 0.1) is 31.2 Å². The normalized spacial score (nSPS) is 27.2. The van der Waals surface area contributed by atoms with E-state index in [2.05, 4.69) is 10.6 Å². The molecule has 9 nitrogen and oxygen atoms in total.